The fourth-order valence-corrected chi connectivity index (χ4v) is 3.86. The lowest BCUT2D eigenvalue weighted by molar-refractivity contribution is 0.203. The molecule has 0 saturated carbocycles. The van der Waals surface area contributed by atoms with Crippen molar-refractivity contribution in [1.29, 1.82) is 0 Å². The van der Waals surface area contributed by atoms with Crippen LogP contribution in [0.4, 0.5) is 19.5 Å². The van der Waals surface area contributed by atoms with Gasteiger partial charge >= 0.3 is 6.09 Å². The molecule has 0 spiro atoms. The number of anilines is 1. The Hall–Kier alpha value is -4.60. The van der Waals surface area contributed by atoms with Crippen molar-refractivity contribution >= 4 is 33.8 Å². The summed E-state index contributed by atoms with van der Waals surface area (Å²) in [6, 6.07) is 13.9. The Labute approximate surface area is 190 Å². The number of nitrogens with zero attached hydrogens (tertiary/aromatic N) is 3. The van der Waals surface area contributed by atoms with Crippen LogP contribution in [-0.2, 0) is 6.42 Å². The van der Waals surface area contributed by atoms with Crippen LogP contribution in [0.5, 0.6) is 0 Å². The summed E-state index contributed by atoms with van der Waals surface area (Å²) in [7, 11) is 1.30. The van der Waals surface area contributed by atoms with Crippen molar-refractivity contribution in [3.05, 3.63) is 87.8 Å². The van der Waals surface area contributed by atoms with Gasteiger partial charge in [0.05, 0.1) is 22.1 Å². The molecular formula is C24H17F2N5O3. The van der Waals surface area contributed by atoms with E-state index < -0.39 is 17.7 Å². The molecule has 10 heteroatoms. The van der Waals surface area contributed by atoms with Crippen molar-refractivity contribution in [3.63, 3.8) is 0 Å². The molecule has 0 unspecified atom stereocenters. The lowest BCUT2D eigenvalue weighted by Crippen LogP contribution is -2.24. The van der Waals surface area contributed by atoms with E-state index in [2.05, 4.69) is 20.2 Å². The average molecular weight is 461 g/mol. The minimum atomic E-state index is -1.23. The van der Waals surface area contributed by atoms with Gasteiger partial charge in [-0.05, 0) is 29.8 Å². The van der Waals surface area contributed by atoms with Gasteiger partial charge in [0.1, 0.15) is 11.6 Å². The van der Waals surface area contributed by atoms with Crippen molar-refractivity contribution in [2.24, 2.45) is 0 Å². The number of fused-ring (bicyclic) bond motifs is 2. The number of rotatable bonds is 4. The van der Waals surface area contributed by atoms with Gasteiger partial charge in [-0.3, -0.25) is 9.69 Å². The van der Waals surface area contributed by atoms with E-state index in [1.807, 2.05) is 0 Å². The predicted molar refractivity (Wildman–Crippen MR) is 123 cm³/mol. The largest absolute Gasteiger partial charge is 0.465 e. The number of hydrogen-bond acceptors (Lipinski definition) is 4. The minimum Gasteiger partial charge on any atom is -0.465 e. The second-order valence-corrected chi connectivity index (χ2v) is 7.79. The minimum absolute atomic E-state index is 0.0119. The van der Waals surface area contributed by atoms with Crippen molar-refractivity contribution < 1.29 is 18.7 Å². The first-order chi connectivity index (χ1) is 16.3. The van der Waals surface area contributed by atoms with Gasteiger partial charge in [0.25, 0.3) is 5.56 Å². The molecule has 34 heavy (non-hydrogen) atoms. The molecule has 1 amide bonds. The van der Waals surface area contributed by atoms with E-state index >= 15 is 0 Å². The SMILES string of the molecule is CN(C(=O)O)c1nc2cc(-c3cc(Cc4n[nH]c(=O)c5ccccc45)ccc3F)c(F)cc2[nH]1. The van der Waals surface area contributed by atoms with Gasteiger partial charge in [-0.1, -0.05) is 24.3 Å². The molecule has 3 aromatic carbocycles. The van der Waals surface area contributed by atoms with Gasteiger partial charge in [-0.25, -0.2) is 23.7 Å². The second-order valence-electron chi connectivity index (χ2n) is 7.79. The molecular weight excluding hydrogens is 444 g/mol. The standard InChI is InChI=1S/C24H17F2N5O3/c1-31(24(33)34)23-27-20-10-16(18(26)11-21(20)28-23)15-8-12(6-7-17(15)25)9-19-13-4-2-3-5-14(13)22(32)30-29-19/h2-8,10-11H,9H2,1H3,(H,27,28)(H,30,32)(H,33,34). The van der Waals surface area contributed by atoms with Gasteiger partial charge in [0.15, 0.2) is 0 Å². The van der Waals surface area contributed by atoms with Crippen molar-refractivity contribution in [2.75, 3.05) is 11.9 Å². The summed E-state index contributed by atoms with van der Waals surface area (Å²) in [6.07, 6.45) is -0.952. The molecule has 5 rings (SSSR count). The fourth-order valence-electron chi connectivity index (χ4n) is 3.86. The molecule has 0 atom stereocenters. The third kappa shape index (κ3) is 3.64. The second kappa shape index (κ2) is 8.07. The van der Waals surface area contributed by atoms with Crippen LogP contribution in [0.25, 0.3) is 32.9 Å². The zero-order valence-corrected chi connectivity index (χ0v) is 17.8. The Bertz CT molecular complexity index is 1640. The summed E-state index contributed by atoms with van der Waals surface area (Å²) in [5.41, 5.74) is 1.54. The van der Waals surface area contributed by atoms with Crippen LogP contribution in [0.3, 0.4) is 0 Å². The summed E-state index contributed by atoms with van der Waals surface area (Å²) in [5.74, 6) is -1.30. The molecule has 0 aliphatic heterocycles. The summed E-state index contributed by atoms with van der Waals surface area (Å²) in [5, 5.41) is 16.9. The van der Waals surface area contributed by atoms with Gasteiger partial charge in [-0.2, -0.15) is 5.10 Å². The highest BCUT2D eigenvalue weighted by molar-refractivity contribution is 5.89. The number of amides is 1. The maximum Gasteiger partial charge on any atom is 0.413 e. The molecule has 3 N–H and O–H groups in total. The van der Waals surface area contributed by atoms with E-state index in [0.717, 1.165) is 11.0 Å². The molecule has 0 bridgehead atoms. The van der Waals surface area contributed by atoms with E-state index in [4.69, 9.17) is 5.11 Å². The molecule has 0 saturated heterocycles. The van der Waals surface area contributed by atoms with Gasteiger partial charge in [-0.15, -0.1) is 0 Å². The van der Waals surface area contributed by atoms with Crippen LogP contribution in [-0.4, -0.2) is 38.4 Å². The first kappa shape index (κ1) is 21.3. The smallest absolute Gasteiger partial charge is 0.413 e. The Morgan fingerprint density at radius 2 is 1.76 bits per heavy atom. The maximum atomic E-state index is 15.0. The molecule has 170 valence electrons. The number of halogens is 2. The van der Waals surface area contributed by atoms with E-state index in [-0.39, 0.29) is 40.1 Å². The lowest BCUT2D eigenvalue weighted by atomic mass is 9.98. The van der Waals surface area contributed by atoms with Gasteiger partial charge in [0.2, 0.25) is 5.95 Å². The third-order valence-electron chi connectivity index (χ3n) is 5.63. The molecule has 0 fully saturated rings. The first-order valence-electron chi connectivity index (χ1n) is 10.2. The quantitative estimate of drug-likeness (QED) is 0.366. The number of nitrogens with one attached hydrogen (secondary N) is 2. The van der Waals surface area contributed by atoms with Crippen LogP contribution >= 0.6 is 0 Å². The normalized spacial score (nSPS) is 11.3. The first-order valence-corrected chi connectivity index (χ1v) is 10.2. The molecule has 0 radical (unpaired) electrons. The predicted octanol–water partition coefficient (Wildman–Crippen LogP) is 4.45. The van der Waals surface area contributed by atoms with E-state index in [0.29, 0.717) is 22.0 Å². The highest BCUT2D eigenvalue weighted by Gasteiger charge is 2.18. The summed E-state index contributed by atoms with van der Waals surface area (Å²) < 4.78 is 29.7. The summed E-state index contributed by atoms with van der Waals surface area (Å²) >= 11 is 0. The zero-order chi connectivity index (χ0) is 24.0. The van der Waals surface area contributed by atoms with E-state index in [1.165, 1.54) is 25.2 Å². The molecule has 8 nitrogen and oxygen atoms in total. The monoisotopic (exact) mass is 461 g/mol. The van der Waals surface area contributed by atoms with Crippen LogP contribution in [0.2, 0.25) is 0 Å². The van der Waals surface area contributed by atoms with E-state index in [9.17, 15) is 18.4 Å². The molecule has 0 aliphatic carbocycles. The van der Waals surface area contributed by atoms with Crippen molar-refractivity contribution in [1.82, 2.24) is 20.2 Å². The Kier molecular flexibility index (Phi) is 5.05. The van der Waals surface area contributed by atoms with Crippen molar-refractivity contribution in [2.45, 2.75) is 6.42 Å². The van der Waals surface area contributed by atoms with Crippen LogP contribution in [0.1, 0.15) is 11.3 Å². The fraction of sp³-hybridized carbons (Fsp3) is 0.0833. The average Bonchev–Trinajstić information content (AvgIpc) is 3.24. The maximum absolute atomic E-state index is 15.0. The summed E-state index contributed by atoms with van der Waals surface area (Å²) in [4.78, 5) is 31.0. The molecule has 2 aromatic heterocycles. The highest BCUT2D eigenvalue weighted by atomic mass is 19.1. The number of aromatic nitrogens is 4. The molecule has 5 aromatic rings. The Balaban J connectivity index is 1.57. The number of imidazole rings is 1. The molecule has 2 heterocycles. The van der Waals surface area contributed by atoms with Crippen molar-refractivity contribution in [3.8, 4) is 11.1 Å². The Morgan fingerprint density at radius 1 is 1.03 bits per heavy atom. The van der Waals surface area contributed by atoms with Gasteiger partial charge < -0.3 is 10.1 Å². The Morgan fingerprint density at radius 3 is 2.53 bits per heavy atom. The van der Waals surface area contributed by atoms with Crippen LogP contribution in [0, 0.1) is 11.6 Å². The van der Waals surface area contributed by atoms with Crippen LogP contribution < -0.4 is 10.5 Å². The molecule has 0 aliphatic rings. The number of benzene rings is 3. The number of aromatic amines is 2. The number of hydrogen-bond donors (Lipinski definition) is 3. The summed E-state index contributed by atoms with van der Waals surface area (Å²) in [6.45, 7) is 0. The highest BCUT2D eigenvalue weighted by Crippen LogP contribution is 2.31. The topological polar surface area (TPSA) is 115 Å². The lowest BCUT2D eigenvalue weighted by Gasteiger charge is -2.09. The van der Waals surface area contributed by atoms with Crippen LogP contribution in [0.15, 0.2) is 59.4 Å². The van der Waals surface area contributed by atoms with Gasteiger partial charge in [0, 0.05) is 36.0 Å². The van der Waals surface area contributed by atoms with E-state index in [1.54, 1.807) is 30.3 Å². The zero-order valence-electron chi connectivity index (χ0n) is 17.8. The third-order valence-corrected chi connectivity index (χ3v) is 5.63. The number of carboxylic acid groups (broad SMARTS) is 1. The number of H-pyrrole nitrogens is 2. The number of carbonyl (C=O) groups is 1.